The van der Waals surface area contributed by atoms with E-state index < -0.39 is 23.9 Å². The van der Waals surface area contributed by atoms with Gasteiger partial charge in [0.1, 0.15) is 24.7 Å². The van der Waals surface area contributed by atoms with Crippen molar-refractivity contribution in [2.24, 2.45) is 0 Å². The van der Waals surface area contributed by atoms with Crippen molar-refractivity contribution in [3.8, 4) is 17.2 Å². The monoisotopic (exact) mass is 754 g/mol. The van der Waals surface area contributed by atoms with Gasteiger partial charge in [-0.2, -0.15) is 5.26 Å². The van der Waals surface area contributed by atoms with Crippen LogP contribution >= 0.6 is 11.6 Å². The van der Waals surface area contributed by atoms with Gasteiger partial charge in [-0.3, -0.25) is 20.4 Å². The third-order valence-corrected chi connectivity index (χ3v) is 8.51. The first-order valence-electron chi connectivity index (χ1n) is 16.9. The number of rotatable bonds is 12. The summed E-state index contributed by atoms with van der Waals surface area (Å²) in [5.74, 6) is -1.11. The van der Waals surface area contributed by atoms with Gasteiger partial charge in [-0.25, -0.2) is 19.0 Å². The first-order valence-corrected chi connectivity index (χ1v) is 17.3. The number of hydrogen-bond acceptors (Lipinski definition) is 8. The maximum atomic E-state index is 13.5. The molecule has 13 heteroatoms. The molecule has 0 aliphatic rings. The van der Waals surface area contributed by atoms with Gasteiger partial charge in [-0.05, 0) is 113 Å². The highest BCUT2D eigenvalue weighted by atomic mass is 35.5. The van der Waals surface area contributed by atoms with Crippen molar-refractivity contribution < 1.29 is 28.2 Å². The molecular formula is C42H32ClFN6O5. The number of halogens is 2. The zero-order chi connectivity index (χ0) is 38.6. The second-order valence-electron chi connectivity index (χ2n) is 12.2. The normalized spacial score (nSPS) is 10.5. The molecule has 0 atom stereocenters. The van der Waals surface area contributed by atoms with Crippen molar-refractivity contribution >= 4 is 41.1 Å². The second-order valence-corrected chi connectivity index (χ2v) is 12.6. The Kier molecular flexibility index (Phi) is 12.4. The number of benzene rings is 4. The SMILES string of the molecule is N#Cc1ccc(COC(=O)Nc2ccc(Cc3ccncc3)cc2-c2cc(NC(=O)OCc3ccc(Cl)cc3)ccc2CNC(=O)c2ccc(F)cn2)cc1. The Morgan fingerprint density at radius 2 is 1.40 bits per heavy atom. The van der Waals surface area contributed by atoms with Gasteiger partial charge in [0.25, 0.3) is 5.91 Å². The van der Waals surface area contributed by atoms with Gasteiger partial charge in [0.05, 0.1) is 23.5 Å². The van der Waals surface area contributed by atoms with Crippen LogP contribution in [0.5, 0.6) is 0 Å². The quantitative estimate of drug-likeness (QED) is 0.112. The Bertz CT molecular complexity index is 2340. The lowest BCUT2D eigenvalue weighted by atomic mass is 9.94. The first kappa shape index (κ1) is 37.7. The predicted molar refractivity (Wildman–Crippen MR) is 205 cm³/mol. The summed E-state index contributed by atoms with van der Waals surface area (Å²) in [4.78, 5) is 47.1. The smallest absolute Gasteiger partial charge is 0.411 e. The summed E-state index contributed by atoms with van der Waals surface area (Å²) in [5, 5.41) is 18.1. The number of nitrogens with one attached hydrogen (secondary N) is 3. The van der Waals surface area contributed by atoms with Crippen molar-refractivity contribution in [1.82, 2.24) is 15.3 Å². The standard InChI is InChI=1S/C42H32ClFN6O5/c43-33-9-5-30(6-10-33)26-54-41(52)49-35-12-8-32(23-48-40(51)39-14-11-34(44)24-47-39)36(21-35)37-20-31(19-27-15-17-46-18-16-27)7-13-38(37)50-42(53)55-25-29-3-1-28(22-45)2-4-29/h1-18,20-21,24H,19,23,25-26H2,(H,48,51)(H,49,52)(H,50,53). The van der Waals surface area contributed by atoms with Crippen LogP contribution in [0.25, 0.3) is 11.1 Å². The van der Waals surface area contributed by atoms with Crippen molar-refractivity contribution in [2.75, 3.05) is 10.6 Å². The molecule has 0 aliphatic carbocycles. The Labute approximate surface area is 320 Å². The minimum atomic E-state index is -0.732. The van der Waals surface area contributed by atoms with Gasteiger partial charge in [0.15, 0.2) is 0 Å². The van der Waals surface area contributed by atoms with E-state index in [-0.39, 0.29) is 25.5 Å². The molecule has 3 N–H and O–H groups in total. The Hall–Kier alpha value is -7.10. The lowest BCUT2D eigenvalue weighted by molar-refractivity contribution is 0.0945. The summed E-state index contributed by atoms with van der Waals surface area (Å²) < 4.78 is 24.5. The fraction of sp³-hybridized carbons (Fsp3) is 0.0952. The van der Waals surface area contributed by atoms with Crippen molar-refractivity contribution in [3.63, 3.8) is 0 Å². The number of carbonyl (C=O) groups excluding carboxylic acids is 3. The van der Waals surface area contributed by atoms with Crippen LogP contribution in [0.1, 0.15) is 43.9 Å². The van der Waals surface area contributed by atoms with Crippen LogP contribution in [-0.2, 0) is 35.7 Å². The molecule has 274 valence electrons. The van der Waals surface area contributed by atoms with Crippen LogP contribution in [0.2, 0.25) is 5.02 Å². The average molecular weight is 755 g/mol. The zero-order valence-corrected chi connectivity index (χ0v) is 29.8. The van der Waals surface area contributed by atoms with E-state index in [4.69, 9.17) is 26.3 Å². The molecule has 0 spiro atoms. The number of aromatic nitrogens is 2. The fourth-order valence-electron chi connectivity index (χ4n) is 5.46. The molecule has 0 unspecified atom stereocenters. The highest BCUT2D eigenvalue weighted by molar-refractivity contribution is 6.30. The van der Waals surface area contributed by atoms with Gasteiger partial charge >= 0.3 is 12.2 Å². The van der Waals surface area contributed by atoms with Crippen LogP contribution in [0.15, 0.2) is 128 Å². The average Bonchev–Trinajstić information content (AvgIpc) is 3.20. The highest BCUT2D eigenvalue weighted by Crippen LogP contribution is 2.35. The molecule has 2 heterocycles. The minimum absolute atomic E-state index is 0.00563. The van der Waals surface area contributed by atoms with Crippen molar-refractivity contribution in [2.45, 2.75) is 26.2 Å². The van der Waals surface area contributed by atoms with Crippen molar-refractivity contribution in [1.29, 1.82) is 5.26 Å². The lowest BCUT2D eigenvalue weighted by Gasteiger charge is -2.18. The predicted octanol–water partition coefficient (Wildman–Crippen LogP) is 8.83. The van der Waals surface area contributed by atoms with E-state index in [1.165, 1.54) is 6.07 Å². The van der Waals surface area contributed by atoms with Crippen LogP contribution in [0, 0.1) is 17.1 Å². The first-order chi connectivity index (χ1) is 26.7. The van der Waals surface area contributed by atoms with E-state index in [1.807, 2.05) is 24.3 Å². The molecule has 3 amide bonds. The van der Waals surface area contributed by atoms with Gasteiger partial charge in [0, 0.05) is 35.2 Å². The second kappa shape index (κ2) is 18.1. The number of carbonyl (C=O) groups is 3. The number of nitriles is 1. The summed E-state index contributed by atoms with van der Waals surface area (Å²) in [6.45, 7) is -0.0297. The van der Waals surface area contributed by atoms with Crippen LogP contribution in [0.3, 0.4) is 0 Å². The number of nitrogens with zero attached hydrogens (tertiary/aromatic N) is 3. The molecule has 55 heavy (non-hydrogen) atoms. The van der Waals surface area contributed by atoms with E-state index in [2.05, 4.69) is 32.0 Å². The number of amides is 3. The maximum Gasteiger partial charge on any atom is 0.411 e. The van der Waals surface area contributed by atoms with E-state index in [0.717, 1.165) is 29.0 Å². The Morgan fingerprint density at radius 3 is 2.07 bits per heavy atom. The molecular weight excluding hydrogens is 723 g/mol. The summed E-state index contributed by atoms with van der Waals surface area (Å²) >= 11 is 5.97. The van der Waals surface area contributed by atoms with E-state index in [0.29, 0.717) is 50.6 Å². The van der Waals surface area contributed by atoms with Gasteiger partial charge < -0.3 is 14.8 Å². The summed E-state index contributed by atoms with van der Waals surface area (Å²) in [6.07, 6.45) is 3.46. The van der Waals surface area contributed by atoms with Crippen molar-refractivity contribution in [3.05, 3.63) is 178 Å². The van der Waals surface area contributed by atoms with E-state index >= 15 is 0 Å². The van der Waals surface area contributed by atoms with Gasteiger partial charge in [-0.15, -0.1) is 0 Å². The molecule has 4 aromatic carbocycles. The fourth-order valence-corrected chi connectivity index (χ4v) is 5.58. The molecule has 2 aromatic heterocycles. The molecule has 11 nitrogen and oxygen atoms in total. The third kappa shape index (κ3) is 10.7. The minimum Gasteiger partial charge on any atom is -0.444 e. The topological polar surface area (TPSA) is 155 Å². The largest absolute Gasteiger partial charge is 0.444 e. The molecule has 0 bridgehead atoms. The molecule has 0 fully saturated rings. The molecule has 0 radical (unpaired) electrons. The lowest BCUT2D eigenvalue weighted by Crippen LogP contribution is -2.24. The number of hydrogen-bond donors (Lipinski definition) is 3. The molecule has 0 saturated carbocycles. The number of pyridine rings is 2. The van der Waals surface area contributed by atoms with E-state index in [1.54, 1.807) is 85.2 Å². The number of ether oxygens (including phenoxy) is 2. The summed E-state index contributed by atoms with van der Waals surface area (Å²) in [6, 6.07) is 32.5. The number of anilines is 2. The zero-order valence-electron chi connectivity index (χ0n) is 29.1. The molecule has 0 aliphatic heterocycles. The van der Waals surface area contributed by atoms with Crippen LogP contribution < -0.4 is 16.0 Å². The molecule has 6 aromatic rings. The molecule has 0 saturated heterocycles. The van der Waals surface area contributed by atoms with Gasteiger partial charge in [0.2, 0.25) is 0 Å². The maximum absolute atomic E-state index is 13.5. The van der Waals surface area contributed by atoms with Crippen LogP contribution in [0.4, 0.5) is 25.4 Å². The van der Waals surface area contributed by atoms with Gasteiger partial charge in [-0.1, -0.05) is 48.0 Å². The summed E-state index contributed by atoms with van der Waals surface area (Å²) in [5.41, 5.74) is 6.34. The molecule has 6 rings (SSSR count). The Balaban J connectivity index is 1.31. The Morgan fingerprint density at radius 1 is 0.727 bits per heavy atom. The summed E-state index contributed by atoms with van der Waals surface area (Å²) in [7, 11) is 0. The third-order valence-electron chi connectivity index (χ3n) is 8.26. The van der Waals surface area contributed by atoms with Crippen LogP contribution in [-0.4, -0.2) is 28.1 Å². The highest BCUT2D eigenvalue weighted by Gasteiger charge is 2.18. The van der Waals surface area contributed by atoms with E-state index in [9.17, 15) is 18.8 Å².